The number of ether oxygens (including phenoxy) is 1. The van der Waals surface area contributed by atoms with Gasteiger partial charge in [0.15, 0.2) is 0 Å². The van der Waals surface area contributed by atoms with Gasteiger partial charge in [-0.25, -0.2) is 4.39 Å². The molecule has 0 saturated carbocycles. The summed E-state index contributed by atoms with van der Waals surface area (Å²) in [6.45, 7) is 4.31. The summed E-state index contributed by atoms with van der Waals surface area (Å²) in [4.78, 5) is 2.02. The molecule has 3 N–H and O–H groups in total. The summed E-state index contributed by atoms with van der Waals surface area (Å²) in [6.07, 6.45) is 2.13. The van der Waals surface area contributed by atoms with Crippen LogP contribution in [0.15, 0.2) is 18.2 Å². The molecule has 1 aliphatic heterocycles. The van der Waals surface area contributed by atoms with Crippen molar-refractivity contribution in [1.82, 2.24) is 0 Å². The van der Waals surface area contributed by atoms with Gasteiger partial charge in [-0.05, 0) is 38.0 Å². The second-order valence-electron chi connectivity index (χ2n) is 4.72. The molecule has 1 aromatic carbocycles. The van der Waals surface area contributed by atoms with Crippen molar-refractivity contribution in [3.63, 3.8) is 0 Å². The lowest BCUT2D eigenvalue weighted by atomic mass is 10.1. The Labute approximate surface area is 112 Å². The first kappa shape index (κ1) is 13.8. The zero-order valence-electron chi connectivity index (χ0n) is 11.2. The lowest BCUT2D eigenvalue weighted by Crippen LogP contribution is -2.37. The number of piperidine rings is 1. The Bertz CT molecular complexity index is 456. The zero-order chi connectivity index (χ0) is 13.8. The molecule has 1 saturated heterocycles. The maximum absolute atomic E-state index is 14.0. The molecule has 0 radical (unpaired) electrons. The third kappa shape index (κ3) is 3.23. The van der Waals surface area contributed by atoms with Gasteiger partial charge in [-0.3, -0.25) is 5.41 Å². The molecule has 104 valence electrons. The van der Waals surface area contributed by atoms with E-state index in [1.54, 1.807) is 12.1 Å². The number of nitrogens with zero attached hydrogens (tertiary/aromatic N) is 1. The lowest BCUT2D eigenvalue weighted by Gasteiger charge is -2.33. The van der Waals surface area contributed by atoms with Crippen molar-refractivity contribution in [2.75, 3.05) is 24.6 Å². The molecule has 19 heavy (non-hydrogen) atoms. The molecule has 0 bridgehead atoms. The molecule has 1 aromatic rings. The van der Waals surface area contributed by atoms with Gasteiger partial charge < -0.3 is 15.4 Å². The predicted molar refractivity (Wildman–Crippen MR) is 74.3 cm³/mol. The highest BCUT2D eigenvalue weighted by Gasteiger charge is 2.21. The van der Waals surface area contributed by atoms with Gasteiger partial charge in [-0.1, -0.05) is 0 Å². The van der Waals surface area contributed by atoms with Crippen molar-refractivity contribution < 1.29 is 9.13 Å². The van der Waals surface area contributed by atoms with Crippen LogP contribution < -0.4 is 10.6 Å². The second-order valence-corrected chi connectivity index (χ2v) is 4.72. The third-order valence-corrected chi connectivity index (χ3v) is 3.44. The van der Waals surface area contributed by atoms with E-state index in [2.05, 4.69) is 0 Å². The highest BCUT2D eigenvalue weighted by atomic mass is 19.1. The minimum Gasteiger partial charge on any atom is -0.384 e. The molecule has 1 aliphatic rings. The van der Waals surface area contributed by atoms with Crippen molar-refractivity contribution >= 4 is 11.5 Å². The normalized spacial score (nSPS) is 16.6. The van der Waals surface area contributed by atoms with Crippen molar-refractivity contribution in [2.24, 2.45) is 5.73 Å². The first-order valence-electron chi connectivity index (χ1n) is 6.62. The number of rotatable bonds is 4. The average molecular weight is 265 g/mol. The summed E-state index contributed by atoms with van der Waals surface area (Å²) in [5.41, 5.74) is 6.35. The fourth-order valence-corrected chi connectivity index (χ4v) is 2.43. The molecular formula is C14H20FN3O. The van der Waals surface area contributed by atoms with Crippen LogP contribution in [0.3, 0.4) is 0 Å². The fourth-order valence-electron chi connectivity index (χ4n) is 2.43. The second kappa shape index (κ2) is 6.02. The van der Waals surface area contributed by atoms with Crippen LogP contribution in [0.25, 0.3) is 0 Å². The van der Waals surface area contributed by atoms with Crippen molar-refractivity contribution in [3.8, 4) is 0 Å². The smallest absolute Gasteiger partial charge is 0.147 e. The molecule has 0 aliphatic carbocycles. The van der Waals surface area contributed by atoms with Crippen LogP contribution in [0.4, 0.5) is 10.1 Å². The Morgan fingerprint density at radius 2 is 2.16 bits per heavy atom. The number of halogens is 1. The minimum atomic E-state index is -0.317. The number of nitrogen functional groups attached to an aromatic ring is 1. The zero-order valence-corrected chi connectivity index (χ0v) is 11.2. The van der Waals surface area contributed by atoms with Crippen molar-refractivity contribution in [2.45, 2.75) is 25.9 Å². The largest absolute Gasteiger partial charge is 0.384 e. The minimum absolute atomic E-state index is 0.111. The summed E-state index contributed by atoms with van der Waals surface area (Å²) in [6, 6.07) is 4.72. The fraction of sp³-hybridized carbons (Fsp3) is 0.500. The SMILES string of the molecule is CCOC1CCN(c2ccc(C(=N)N)cc2F)CC1. The van der Waals surface area contributed by atoms with Crippen molar-refractivity contribution in [1.29, 1.82) is 5.41 Å². The van der Waals surface area contributed by atoms with Crippen LogP contribution in [0, 0.1) is 11.2 Å². The molecule has 1 fully saturated rings. The van der Waals surface area contributed by atoms with E-state index in [0.29, 0.717) is 17.4 Å². The van der Waals surface area contributed by atoms with Crippen LogP contribution in [0.2, 0.25) is 0 Å². The Hall–Kier alpha value is -1.62. The van der Waals surface area contributed by atoms with E-state index in [-0.39, 0.29) is 11.7 Å². The molecule has 0 amide bonds. The summed E-state index contributed by atoms with van der Waals surface area (Å²) < 4.78 is 19.6. The van der Waals surface area contributed by atoms with Gasteiger partial charge in [0.05, 0.1) is 11.8 Å². The van der Waals surface area contributed by atoms with E-state index in [0.717, 1.165) is 32.5 Å². The molecule has 0 aromatic heterocycles. The molecule has 1 heterocycles. The molecule has 2 rings (SSSR count). The standard InChI is InChI=1S/C14H20FN3O/c1-2-19-11-5-7-18(8-6-11)13-4-3-10(14(16)17)9-12(13)15/h3-4,9,11H,2,5-8H2,1H3,(H3,16,17). The van der Waals surface area contributed by atoms with E-state index in [1.807, 2.05) is 11.8 Å². The lowest BCUT2D eigenvalue weighted by molar-refractivity contribution is 0.0458. The molecule has 5 heteroatoms. The van der Waals surface area contributed by atoms with Crippen molar-refractivity contribution in [3.05, 3.63) is 29.6 Å². The Kier molecular flexibility index (Phi) is 4.37. The monoisotopic (exact) mass is 265 g/mol. The molecule has 0 unspecified atom stereocenters. The van der Waals surface area contributed by atoms with Crippen LogP contribution in [0.1, 0.15) is 25.3 Å². The number of nitrogens with one attached hydrogen (secondary N) is 1. The highest BCUT2D eigenvalue weighted by Crippen LogP contribution is 2.25. The number of amidine groups is 1. The summed E-state index contributed by atoms with van der Waals surface area (Å²) in [7, 11) is 0. The van der Waals surface area contributed by atoms with Gasteiger partial charge in [0.25, 0.3) is 0 Å². The number of benzene rings is 1. The van der Waals surface area contributed by atoms with Gasteiger partial charge in [0.1, 0.15) is 11.7 Å². The maximum Gasteiger partial charge on any atom is 0.147 e. The van der Waals surface area contributed by atoms with Gasteiger partial charge in [0.2, 0.25) is 0 Å². The van der Waals surface area contributed by atoms with E-state index >= 15 is 0 Å². The Morgan fingerprint density at radius 3 is 2.68 bits per heavy atom. The molecule has 0 spiro atoms. The highest BCUT2D eigenvalue weighted by molar-refractivity contribution is 5.95. The van der Waals surface area contributed by atoms with E-state index < -0.39 is 0 Å². The maximum atomic E-state index is 14.0. The molecule has 0 atom stereocenters. The average Bonchev–Trinajstić information content (AvgIpc) is 2.40. The van der Waals surface area contributed by atoms with E-state index in [9.17, 15) is 4.39 Å². The molecular weight excluding hydrogens is 245 g/mol. The number of anilines is 1. The quantitative estimate of drug-likeness (QED) is 0.647. The summed E-state index contributed by atoms with van der Waals surface area (Å²) in [5.74, 6) is -0.428. The van der Waals surface area contributed by atoms with Gasteiger partial charge in [-0.15, -0.1) is 0 Å². The number of nitrogens with two attached hydrogens (primary N) is 1. The van der Waals surface area contributed by atoms with Crippen LogP contribution >= 0.6 is 0 Å². The van der Waals surface area contributed by atoms with Gasteiger partial charge in [0, 0.05) is 25.3 Å². The Morgan fingerprint density at radius 1 is 1.47 bits per heavy atom. The van der Waals surface area contributed by atoms with Crippen LogP contribution in [0.5, 0.6) is 0 Å². The van der Waals surface area contributed by atoms with Gasteiger partial charge >= 0.3 is 0 Å². The van der Waals surface area contributed by atoms with Gasteiger partial charge in [-0.2, -0.15) is 0 Å². The summed E-state index contributed by atoms with van der Waals surface area (Å²) >= 11 is 0. The predicted octanol–water partition coefficient (Wildman–Crippen LogP) is 2.12. The topological polar surface area (TPSA) is 62.3 Å². The first-order valence-corrected chi connectivity index (χ1v) is 6.62. The van der Waals surface area contributed by atoms with Crippen LogP contribution in [-0.4, -0.2) is 31.6 Å². The summed E-state index contributed by atoms with van der Waals surface area (Å²) in [5, 5.41) is 7.30. The number of hydrogen-bond donors (Lipinski definition) is 2. The van der Waals surface area contributed by atoms with E-state index in [4.69, 9.17) is 15.9 Å². The van der Waals surface area contributed by atoms with Crippen LogP contribution in [-0.2, 0) is 4.74 Å². The van der Waals surface area contributed by atoms with E-state index in [1.165, 1.54) is 6.07 Å². The Balaban J connectivity index is 2.05. The first-order chi connectivity index (χ1) is 9.11. The molecule has 4 nitrogen and oxygen atoms in total. The number of hydrogen-bond acceptors (Lipinski definition) is 3. The third-order valence-electron chi connectivity index (χ3n) is 3.44.